The predicted octanol–water partition coefficient (Wildman–Crippen LogP) is 7.08. The molecule has 2 aliphatic heterocycles. The van der Waals surface area contributed by atoms with Gasteiger partial charge in [-0.2, -0.15) is 0 Å². The van der Waals surface area contributed by atoms with Gasteiger partial charge in [-0.05, 0) is 69.5 Å². The lowest BCUT2D eigenvalue weighted by Gasteiger charge is -2.31. The Morgan fingerprint density at radius 3 is 2.54 bits per heavy atom. The van der Waals surface area contributed by atoms with Crippen molar-refractivity contribution >= 4 is 29.0 Å². The normalized spacial score (nSPS) is 17.7. The van der Waals surface area contributed by atoms with Crippen LogP contribution in [0.4, 0.5) is 25.0 Å². The van der Waals surface area contributed by atoms with Crippen molar-refractivity contribution in [1.29, 1.82) is 0 Å². The molecule has 5 aromatic rings. The minimum atomic E-state index is -1.09. The van der Waals surface area contributed by atoms with Crippen molar-refractivity contribution in [2.45, 2.75) is 51.9 Å². The van der Waals surface area contributed by atoms with Gasteiger partial charge in [0, 0.05) is 85.4 Å². The van der Waals surface area contributed by atoms with Crippen LogP contribution in [0.1, 0.15) is 54.4 Å². The Kier molecular flexibility index (Phi) is 8.75. The number of amides is 1. The number of carbonyl (C=O) groups is 2. The molecule has 0 unspecified atom stereocenters. The first-order chi connectivity index (χ1) is 25.8. The molecule has 1 aliphatic carbocycles. The van der Waals surface area contributed by atoms with Gasteiger partial charge in [-0.1, -0.05) is 36.4 Å². The summed E-state index contributed by atoms with van der Waals surface area (Å²) in [6, 6.07) is 17.2. The van der Waals surface area contributed by atoms with Gasteiger partial charge < -0.3 is 19.3 Å². The summed E-state index contributed by atoms with van der Waals surface area (Å²) in [7, 11) is 3.57. The number of esters is 1. The minimum absolute atomic E-state index is 0.0209. The van der Waals surface area contributed by atoms with Gasteiger partial charge in [-0.25, -0.2) is 18.4 Å². The lowest BCUT2D eigenvalue weighted by Crippen LogP contribution is -2.35. The van der Waals surface area contributed by atoms with Crippen LogP contribution < -0.4 is 15.4 Å². The van der Waals surface area contributed by atoms with Gasteiger partial charge in [0.1, 0.15) is 17.8 Å². The SMILES string of the molecule is CN1C[C@@H]2CCN(c3c(-c4ccc5ccc(C(=O)OCc6ccccc6)c(=O)n5c4)cnc4c3-c3c(F)c(F)cc(N(C)C(=O)OC(C)(C)C)c3C4)[C@@H]2C1. The number of fused-ring (bicyclic) bond motifs is 5. The summed E-state index contributed by atoms with van der Waals surface area (Å²) >= 11 is 0. The Bertz CT molecular complexity index is 2390. The molecule has 3 aromatic heterocycles. The molecule has 0 radical (unpaired) electrons. The highest BCUT2D eigenvalue weighted by molar-refractivity contribution is 5.99. The van der Waals surface area contributed by atoms with Crippen molar-refractivity contribution in [3.05, 3.63) is 117 Å². The molecule has 2 atom stereocenters. The lowest BCUT2D eigenvalue weighted by atomic mass is 9.96. The number of pyridine rings is 3. The number of benzene rings is 2. The minimum Gasteiger partial charge on any atom is -0.457 e. The number of likely N-dealkylation sites (tertiary alicyclic amines) is 1. The molecule has 0 spiro atoms. The summed E-state index contributed by atoms with van der Waals surface area (Å²) < 4.78 is 44.5. The van der Waals surface area contributed by atoms with Crippen molar-refractivity contribution in [2.75, 3.05) is 43.5 Å². The second kappa shape index (κ2) is 13.3. The second-order valence-electron chi connectivity index (χ2n) is 15.5. The van der Waals surface area contributed by atoms with Gasteiger partial charge in [0.15, 0.2) is 11.6 Å². The maximum Gasteiger partial charge on any atom is 0.414 e. The van der Waals surface area contributed by atoms with Gasteiger partial charge >= 0.3 is 12.1 Å². The van der Waals surface area contributed by atoms with E-state index in [2.05, 4.69) is 16.8 Å². The van der Waals surface area contributed by atoms with Gasteiger partial charge in [-0.3, -0.25) is 19.1 Å². The first-order valence-corrected chi connectivity index (χ1v) is 18.1. The van der Waals surface area contributed by atoms with Crippen LogP contribution in [0.15, 0.2) is 77.9 Å². The summed E-state index contributed by atoms with van der Waals surface area (Å²) in [5.41, 5.74) is 3.57. The number of ether oxygens (including phenoxy) is 2. The van der Waals surface area contributed by atoms with Crippen molar-refractivity contribution in [3.63, 3.8) is 0 Å². The molecule has 2 saturated heterocycles. The molecule has 12 heteroatoms. The number of nitrogens with zero attached hydrogens (tertiary/aromatic N) is 5. The highest BCUT2D eigenvalue weighted by atomic mass is 19.2. The fraction of sp³-hybridized carbons (Fsp3) is 0.333. The van der Waals surface area contributed by atoms with E-state index in [-0.39, 0.29) is 35.9 Å². The van der Waals surface area contributed by atoms with Crippen molar-refractivity contribution in [3.8, 4) is 22.3 Å². The first kappa shape index (κ1) is 35.4. The summed E-state index contributed by atoms with van der Waals surface area (Å²) in [6.45, 7) is 7.64. The summed E-state index contributed by atoms with van der Waals surface area (Å²) in [6.07, 6.45) is 3.78. The van der Waals surface area contributed by atoms with Crippen LogP contribution in [0.3, 0.4) is 0 Å². The highest BCUT2D eigenvalue weighted by Gasteiger charge is 2.44. The molecule has 5 heterocycles. The zero-order valence-corrected chi connectivity index (χ0v) is 30.9. The van der Waals surface area contributed by atoms with Crippen LogP contribution in [0.25, 0.3) is 27.8 Å². The Labute approximate surface area is 311 Å². The van der Waals surface area contributed by atoms with E-state index in [0.29, 0.717) is 51.6 Å². The second-order valence-corrected chi connectivity index (χ2v) is 15.5. The van der Waals surface area contributed by atoms with E-state index < -0.39 is 34.9 Å². The van der Waals surface area contributed by atoms with Gasteiger partial charge in [-0.15, -0.1) is 0 Å². The van der Waals surface area contributed by atoms with Gasteiger partial charge in [0.2, 0.25) is 0 Å². The topological polar surface area (TPSA) is 96.7 Å². The summed E-state index contributed by atoms with van der Waals surface area (Å²) in [5.74, 6) is -2.47. The Morgan fingerprint density at radius 1 is 1.02 bits per heavy atom. The quantitative estimate of drug-likeness (QED) is 0.168. The van der Waals surface area contributed by atoms with E-state index in [1.807, 2.05) is 36.4 Å². The molecule has 278 valence electrons. The van der Waals surface area contributed by atoms with E-state index >= 15 is 8.78 Å². The number of rotatable bonds is 6. The molecule has 8 rings (SSSR count). The van der Waals surface area contributed by atoms with E-state index in [1.54, 1.807) is 45.3 Å². The van der Waals surface area contributed by atoms with Crippen LogP contribution in [-0.2, 0) is 22.5 Å². The van der Waals surface area contributed by atoms with Crippen LogP contribution in [-0.4, -0.2) is 71.7 Å². The van der Waals surface area contributed by atoms with E-state index in [1.165, 1.54) is 22.4 Å². The average Bonchev–Trinajstić information content (AvgIpc) is 3.83. The molecule has 3 aliphatic rings. The van der Waals surface area contributed by atoms with Crippen LogP contribution in [0.2, 0.25) is 0 Å². The molecular formula is C42H41F2N5O5. The van der Waals surface area contributed by atoms with Crippen molar-refractivity contribution in [1.82, 2.24) is 14.3 Å². The molecule has 54 heavy (non-hydrogen) atoms. The molecule has 10 nitrogen and oxygen atoms in total. The Morgan fingerprint density at radius 2 is 1.78 bits per heavy atom. The van der Waals surface area contributed by atoms with Gasteiger partial charge in [0.25, 0.3) is 5.56 Å². The highest BCUT2D eigenvalue weighted by Crippen LogP contribution is 2.52. The van der Waals surface area contributed by atoms with Crippen LogP contribution in [0.5, 0.6) is 0 Å². The number of likely N-dealkylation sites (N-methyl/N-ethyl adjacent to an activating group) is 1. The van der Waals surface area contributed by atoms with Crippen LogP contribution in [0, 0.1) is 17.6 Å². The maximum atomic E-state index is 16.3. The largest absolute Gasteiger partial charge is 0.457 e. The zero-order chi connectivity index (χ0) is 38.1. The van der Waals surface area contributed by atoms with Gasteiger partial charge in [0.05, 0.1) is 17.1 Å². The van der Waals surface area contributed by atoms with E-state index in [0.717, 1.165) is 31.1 Å². The fourth-order valence-electron chi connectivity index (χ4n) is 8.19. The molecule has 1 amide bonds. The number of hydrogen-bond acceptors (Lipinski definition) is 8. The molecule has 0 N–H and O–H groups in total. The van der Waals surface area contributed by atoms with E-state index in [4.69, 9.17) is 14.5 Å². The number of carbonyl (C=O) groups excluding carboxylic acids is 2. The molecule has 2 fully saturated rings. The average molecular weight is 734 g/mol. The summed E-state index contributed by atoms with van der Waals surface area (Å²) in [4.78, 5) is 50.8. The third kappa shape index (κ3) is 6.17. The zero-order valence-electron chi connectivity index (χ0n) is 30.9. The third-order valence-electron chi connectivity index (χ3n) is 10.7. The van der Waals surface area contributed by atoms with Crippen molar-refractivity contribution in [2.24, 2.45) is 5.92 Å². The number of anilines is 2. The Hall–Kier alpha value is -5.62. The molecule has 2 aromatic carbocycles. The number of hydrogen-bond donors (Lipinski definition) is 0. The molecule has 0 saturated carbocycles. The Balaban J connectivity index is 1.27. The standard InChI is InChI=1S/C42H41F2N5O5/c1-42(2,3)54-41(52)47(5)33-18-31(43)37(44)35-29(33)17-32-36(35)38(48-16-15-26-20-46(4)22-34(26)48)30(19-45-32)25-11-12-27-13-14-28(39(50)49(27)21-25)40(51)53-23-24-9-7-6-8-10-24/h6-14,18-19,21,26,34H,15-17,20,22-23H2,1-5H3/t26-,34+/m0/s1. The van der Waals surface area contributed by atoms with Crippen LogP contribution >= 0.6 is 0 Å². The lowest BCUT2D eigenvalue weighted by molar-refractivity contribution is 0.0469. The number of halogens is 2. The van der Waals surface area contributed by atoms with E-state index in [9.17, 15) is 14.4 Å². The smallest absolute Gasteiger partial charge is 0.414 e. The monoisotopic (exact) mass is 733 g/mol. The third-order valence-corrected chi connectivity index (χ3v) is 10.7. The number of aromatic nitrogens is 2. The maximum absolute atomic E-state index is 16.3. The fourth-order valence-corrected chi connectivity index (χ4v) is 8.19. The predicted molar refractivity (Wildman–Crippen MR) is 202 cm³/mol. The molecular weight excluding hydrogens is 692 g/mol. The van der Waals surface area contributed by atoms with Crippen molar-refractivity contribution < 1.29 is 27.8 Å². The summed E-state index contributed by atoms with van der Waals surface area (Å²) in [5, 5.41) is 0. The first-order valence-electron chi connectivity index (χ1n) is 18.1. The molecule has 0 bridgehead atoms.